The summed E-state index contributed by atoms with van der Waals surface area (Å²) >= 11 is 0. The summed E-state index contributed by atoms with van der Waals surface area (Å²) in [5.74, 6) is 0.122. The number of hydrogen-bond acceptors (Lipinski definition) is 4. The minimum Gasteiger partial charge on any atom is -0.338 e. The minimum atomic E-state index is -3.42. The average Bonchev–Trinajstić information content (AvgIpc) is 3.21. The Hall–Kier alpha value is -1.44. The van der Waals surface area contributed by atoms with Crippen molar-refractivity contribution < 1.29 is 13.2 Å². The Kier molecular flexibility index (Phi) is 6.89. The van der Waals surface area contributed by atoms with E-state index in [1.165, 1.54) is 0 Å². The van der Waals surface area contributed by atoms with E-state index in [9.17, 15) is 13.2 Å². The first-order valence-electron chi connectivity index (χ1n) is 10.1. The van der Waals surface area contributed by atoms with Crippen LogP contribution in [-0.2, 0) is 21.2 Å². The van der Waals surface area contributed by atoms with Crippen LogP contribution in [-0.4, -0.2) is 62.3 Å². The highest BCUT2D eigenvalue weighted by molar-refractivity contribution is 7.89. The molecule has 27 heavy (non-hydrogen) atoms. The second kappa shape index (κ2) is 9.17. The van der Waals surface area contributed by atoms with Crippen LogP contribution in [0.3, 0.4) is 0 Å². The van der Waals surface area contributed by atoms with Gasteiger partial charge >= 0.3 is 0 Å². The molecule has 7 heteroatoms. The van der Waals surface area contributed by atoms with Crippen molar-refractivity contribution in [3.8, 4) is 0 Å². The molecule has 2 saturated heterocycles. The smallest absolute Gasteiger partial charge is 0.243 e. The van der Waals surface area contributed by atoms with E-state index < -0.39 is 10.0 Å². The lowest BCUT2D eigenvalue weighted by Crippen LogP contribution is -2.42. The fourth-order valence-electron chi connectivity index (χ4n) is 3.97. The number of carbonyl (C=O) groups excluding carboxylic acids is 1. The van der Waals surface area contributed by atoms with Gasteiger partial charge < -0.3 is 10.2 Å². The molecule has 2 fully saturated rings. The summed E-state index contributed by atoms with van der Waals surface area (Å²) in [6, 6.07) is 7.13. The van der Waals surface area contributed by atoms with E-state index in [4.69, 9.17) is 0 Å². The number of sulfonamides is 1. The molecule has 0 saturated carbocycles. The first-order valence-corrected chi connectivity index (χ1v) is 11.6. The zero-order valence-corrected chi connectivity index (χ0v) is 17.0. The number of piperidine rings is 1. The maximum absolute atomic E-state index is 12.8. The molecule has 2 heterocycles. The summed E-state index contributed by atoms with van der Waals surface area (Å²) in [7, 11) is -3.42. The maximum atomic E-state index is 12.8. The Labute approximate surface area is 163 Å². The van der Waals surface area contributed by atoms with E-state index in [-0.39, 0.29) is 11.9 Å². The Morgan fingerprint density at radius 1 is 1.19 bits per heavy atom. The molecule has 0 spiro atoms. The van der Waals surface area contributed by atoms with Gasteiger partial charge in [0.05, 0.1) is 11.3 Å². The van der Waals surface area contributed by atoms with Crippen molar-refractivity contribution in [1.82, 2.24) is 14.5 Å². The van der Waals surface area contributed by atoms with Crippen LogP contribution in [0.5, 0.6) is 0 Å². The number of benzene rings is 1. The van der Waals surface area contributed by atoms with Crippen LogP contribution >= 0.6 is 0 Å². The molecule has 0 aliphatic carbocycles. The van der Waals surface area contributed by atoms with E-state index in [0.717, 1.165) is 57.3 Å². The summed E-state index contributed by atoms with van der Waals surface area (Å²) < 4.78 is 27.0. The quantitative estimate of drug-likeness (QED) is 0.769. The first kappa shape index (κ1) is 20.3. The number of amides is 1. The van der Waals surface area contributed by atoms with E-state index in [0.29, 0.717) is 24.4 Å². The third-order valence-corrected chi connectivity index (χ3v) is 7.40. The second-order valence-corrected chi connectivity index (χ2v) is 9.46. The van der Waals surface area contributed by atoms with Crippen LogP contribution in [0.4, 0.5) is 0 Å². The molecule has 1 amide bonds. The molecule has 1 aromatic carbocycles. The first-order chi connectivity index (χ1) is 13.0. The van der Waals surface area contributed by atoms with Gasteiger partial charge in [-0.25, -0.2) is 8.42 Å². The lowest BCUT2D eigenvalue weighted by atomic mass is 10.1. The van der Waals surface area contributed by atoms with E-state index in [1.807, 2.05) is 4.90 Å². The van der Waals surface area contributed by atoms with Gasteiger partial charge in [-0.2, -0.15) is 4.31 Å². The van der Waals surface area contributed by atoms with Gasteiger partial charge in [0.15, 0.2) is 0 Å². The van der Waals surface area contributed by atoms with Crippen LogP contribution in [0.15, 0.2) is 29.2 Å². The molecule has 3 rings (SSSR count). The van der Waals surface area contributed by atoms with E-state index >= 15 is 0 Å². The van der Waals surface area contributed by atoms with Crippen molar-refractivity contribution in [2.24, 2.45) is 0 Å². The molecule has 0 radical (unpaired) electrons. The van der Waals surface area contributed by atoms with Crippen LogP contribution in [0.2, 0.25) is 0 Å². The Balaban J connectivity index is 1.66. The number of rotatable bonds is 7. The molecular formula is C20H31N3O3S. The predicted octanol–water partition coefficient (Wildman–Crippen LogP) is 2.00. The third-order valence-electron chi connectivity index (χ3n) is 5.49. The average molecular weight is 394 g/mol. The topological polar surface area (TPSA) is 69.7 Å². The molecule has 2 aliphatic heterocycles. The van der Waals surface area contributed by atoms with Gasteiger partial charge in [0.2, 0.25) is 15.9 Å². The zero-order chi connectivity index (χ0) is 19.3. The van der Waals surface area contributed by atoms with Gasteiger partial charge in [0, 0.05) is 32.2 Å². The number of hydrogen-bond donors (Lipinski definition) is 1. The fraction of sp³-hybridized carbons (Fsp3) is 0.650. The number of nitrogens with one attached hydrogen (secondary N) is 1. The highest BCUT2D eigenvalue weighted by Gasteiger charge is 2.27. The van der Waals surface area contributed by atoms with Gasteiger partial charge in [-0.15, -0.1) is 0 Å². The van der Waals surface area contributed by atoms with Gasteiger partial charge in [0.1, 0.15) is 0 Å². The third kappa shape index (κ3) is 4.89. The highest BCUT2D eigenvalue weighted by Crippen LogP contribution is 2.21. The van der Waals surface area contributed by atoms with Gasteiger partial charge in [0.25, 0.3) is 0 Å². The molecule has 1 unspecified atom stereocenters. The standard InChI is InChI=1S/C20H31N3O3S/c1-2-12-23(18-10-11-21-16-18)20(24)15-17-6-8-19(9-7-17)27(25,26)22-13-4-3-5-14-22/h6-9,18,21H,2-5,10-16H2,1H3. The SMILES string of the molecule is CCCN(C(=O)Cc1ccc(S(=O)(=O)N2CCCCC2)cc1)C1CCNC1. The van der Waals surface area contributed by atoms with Crippen LogP contribution < -0.4 is 5.32 Å². The summed E-state index contributed by atoms with van der Waals surface area (Å²) in [6.45, 7) is 5.88. The van der Waals surface area contributed by atoms with Gasteiger partial charge in [-0.3, -0.25) is 4.79 Å². The minimum absolute atomic E-state index is 0.122. The van der Waals surface area contributed by atoms with Crippen LogP contribution in [0.1, 0.15) is 44.6 Å². The van der Waals surface area contributed by atoms with E-state index in [2.05, 4.69) is 12.2 Å². The van der Waals surface area contributed by atoms with Crippen molar-refractivity contribution in [3.05, 3.63) is 29.8 Å². The molecular weight excluding hydrogens is 362 g/mol. The normalized spacial score (nSPS) is 21.3. The van der Waals surface area contributed by atoms with Crippen molar-refractivity contribution in [3.63, 3.8) is 0 Å². The van der Waals surface area contributed by atoms with E-state index in [1.54, 1.807) is 28.6 Å². The number of nitrogens with zero attached hydrogens (tertiary/aromatic N) is 2. The summed E-state index contributed by atoms with van der Waals surface area (Å²) in [5.41, 5.74) is 0.865. The Morgan fingerprint density at radius 2 is 1.89 bits per heavy atom. The van der Waals surface area contributed by atoms with Crippen molar-refractivity contribution in [2.45, 2.75) is 56.4 Å². The lowest BCUT2D eigenvalue weighted by Gasteiger charge is -2.28. The van der Waals surface area contributed by atoms with Gasteiger partial charge in [-0.05, 0) is 49.9 Å². The molecule has 1 aromatic rings. The van der Waals surface area contributed by atoms with Gasteiger partial charge in [-0.1, -0.05) is 25.5 Å². The molecule has 150 valence electrons. The maximum Gasteiger partial charge on any atom is 0.243 e. The van der Waals surface area contributed by atoms with Crippen LogP contribution in [0.25, 0.3) is 0 Å². The molecule has 0 bridgehead atoms. The lowest BCUT2D eigenvalue weighted by molar-refractivity contribution is -0.132. The summed E-state index contributed by atoms with van der Waals surface area (Å²) in [6.07, 6.45) is 5.20. The predicted molar refractivity (Wildman–Crippen MR) is 106 cm³/mol. The molecule has 1 atom stereocenters. The highest BCUT2D eigenvalue weighted by atomic mass is 32.2. The zero-order valence-electron chi connectivity index (χ0n) is 16.2. The van der Waals surface area contributed by atoms with Crippen LogP contribution in [0, 0.1) is 0 Å². The second-order valence-electron chi connectivity index (χ2n) is 7.52. The van der Waals surface area contributed by atoms with Crippen molar-refractivity contribution in [2.75, 3.05) is 32.7 Å². The van der Waals surface area contributed by atoms with Crippen molar-refractivity contribution >= 4 is 15.9 Å². The Bertz CT molecular complexity index is 721. The molecule has 1 N–H and O–H groups in total. The largest absolute Gasteiger partial charge is 0.338 e. The Morgan fingerprint density at radius 3 is 2.48 bits per heavy atom. The molecule has 0 aromatic heterocycles. The number of carbonyl (C=O) groups is 1. The monoisotopic (exact) mass is 393 g/mol. The summed E-state index contributed by atoms with van der Waals surface area (Å²) in [4.78, 5) is 15.1. The molecule has 2 aliphatic rings. The van der Waals surface area contributed by atoms with Crippen molar-refractivity contribution in [1.29, 1.82) is 0 Å². The molecule has 6 nitrogen and oxygen atoms in total. The summed E-state index contributed by atoms with van der Waals surface area (Å²) in [5, 5.41) is 3.32. The fourth-order valence-corrected chi connectivity index (χ4v) is 5.48.